The van der Waals surface area contributed by atoms with E-state index in [2.05, 4.69) is 12.8 Å². The Morgan fingerprint density at radius 1 is 1.26 bits per heavy atom. The van der Waals surface area contributed by atoms with E-state index < -0.39 is 0 Å². The Hall–Kier alpha value is -1.66. The molecular weight excluding hydrogens is 240 g/mol. The number of hydrogen-bond donors (Lipinski definition) is 0. The zero-order valence-corrected chi connectivity index (χ0v) is 11.1. The summed E-state index contributed by atoms with van der Waals surface area (Å²) in [7, 11) is 0. The van der Waals surface area contributed by atoms with Gasteiger partial charge in [0.05, 0.1) is 6.10 Å². The number of rotatable bonds is 5. The molecule has 0 bridgehead atoms. The van der Waals surface area contributed by atoms with Gasteiger partial charge in [-0.15, -0.1) is 6.42 Å². The largest absolute Gasteiger partial charge is 0.454 e. The SMILES string of the molecule is C#Cc1cc2c(cc1C1OC1CCCCC)OCO2. The van der Waals surface area contributed by atoms with Crippen LogP contribution >= 0.6 is 0 Å². The van der Waals surface area contributed by atoms with Gasteiger partial charge in [0, 0.05) is 17.2 Å². The number of terminal acetylenes is 1. The molecule has 100 valence electrons. The smallest absolute Gasteiger partial charge is 0.231 e. The minimum Gasteiger partial charge on any atom is -0.454 e. The fourth-order valence-corrected chi connectivity index (χ4v) is 2.55. The molecule has 0 aliphatic carbocycles. The first kappa shape index (κ1) is 12.4. The van der Waals surface area contributed by atoms with Crippen molar-refractivity contribution >= 4 is 0 Å². The van der Waals surface area contributed by atoms with Crippen LogP contribution < -0.4 is 9.47 Å². The molecule has 0 spiro atoms. The Morgan fingerprint density at radius 3 is 2.79 bits per heavy atom. The van der Waals surface area contributed by atoms with Crippen LogP contribution in [0.3, 0.4) is 0 Å². The molecule has 3 rings (SSSR count). The van der Waals surface area contributed by atoms with Crippen LogP contribution in [0.2, 0.25) is 0 Å². The zero-order valence-electron chi connectivity index (χ0n) is 11.1. The third-order valence-corrected chi connectivity index (χ3v) is 3.68. The molecule has 1 aromatic carbocycles. The standard InChI is InChI=1S/C16H18O3/c1-3-5-6-7-13-16(19-13)12-9-15-14(17-10-18-15)8-11(12)4-2/h2,8-9,13,16H,3,5-7,10H2,1H3. The van der Waals surface area contributed by atoms with E-state index in [-0.39, 0.29) is 12.9 Å². The van der Waals surface area contributed by atoms with Crippen LogP contribution in [0.25, 0.3) is 0 Å². The Bertz CT molecular complexity index is 515. The van der Waals surface area contributed by atoms with E-state index in [1.54, 1.807) is 0 Å². The van der Waals surface area contributed by atoms with E-state index in [4.69, 9.17) is 20.6 Å². The average Bonchev–Trinajstić information content (AvgIpc) is 3.05. The first-order valence-corrected chi connectivity index (χ1v) is 6.89. The van der Waals surface area contributed by atoms with Gasteiger partial charge in [-0.1, -0.05) is 32.1 Å². The van der Waals surface area contributed by atoms with Crippen molar-refractivity contribution < 1.29 is 14.2 Å². The van der Waals surface area contributed by atoms with Gasteiger partial charge in [-0.2, -0.15) is 0 Å². The van der Waals surface area contributed by atoms with E-state index in [0.29, 0.717) is 6.10 Å². The van der Waals surface area contributed by atoms with Gasteiger partial charge in [0.2, 0.25) is 6.79 Å². The van der Waals surface area contributed by atoms with Crippen LogP contribution in [0.1, 0.15) is 49.8 Å². The van der Waals surface area contributed by atoms with Crippen LogP contribution in [0.15, 0.2) is 12.1 Å². The molecule has 2 atom stereocenters. The summed E-state index contributed by atoms with van der Waals surface area (Å²) in [5.74, 6) is 4.23. The van der Waals surface area contributed by atoms with Crippen molar-refractivity contribution in [1.82, 2.24) is 0 Å². The molecule has 3 nitrogen and oxygen atoms in total. The van der Waals surface area contributed by atoms with Crippen molar-refractivity contribution in [3.63, 3.8) is 0 Å². The second kappa shape index (κ2) is 5.14. The molecule has 0 radical (unpaired) electrons. The minimum absolute atomic E-state index is 0.136. The highest BCUT2D eigenvalue weighted by Gasteiger charge is 2.41. The average molecular weight is 258 g/mol. The number of benzene rings is 1. The molecule has 1 fully saturated rings. The highest BCUT2D eigenvalue weighted by Crippen LogP contribution is 2.46. The van der Waals surface area contributed by atoms with E-state index in [0.717, 1.165) is 29.0 Å². The van der Waals surface area contributed by atoms with Crippen molar-refractivity contribution in [2.24, 2.45) is 0 Å². The predicted octanol–water partition coefficient (Wildman–Crippen LogP) is 3.42. The monoisotopic (exact) mass is 258 g/mol. The van der Waals surface area contributed by atoms with Gasteiger partial charge in [-0.05, 0) is 12.5 Å². The summed E-state index contributed by atoms with van der Waals surface area (Å²) in [6, 6.07) is 3.85. The number of epoxide rings is 1. The highest BCUT2D eigenvalue weighted by atomic mass is 16.7. The van der Waals surface area contributed by atoms with E-state index in [1.807, 2.05) is 12.1 Å². The van der Waals surface area contributed by atoms with Crippen molar-refractivity contribution in [3.8, 4) is 23.8 Å². The van der Waals surface area contributed by atoms with Gasteiger partial charge in [-0.25, -0.2) is 0 Å². The van der Waals surface area contributed by atoms with Crippen LogP contribution in [-0.2, 0) is 4.74 Å². The molecule has 19 heavy (non-hydrogen) atoms. The number of hydrogen-bond acceptors (Lipinski definition) is 3. The molecule has 1 aromatic rings. The van der Waals surface area contributed by atoms with Gasteiger partial charge < -0.3 is 14.2 Å². The maximum absolute atomic E-state index is 5.76. The molecule has 2 aliphatic heterocycles. The Balaban J connectivity index is 1.73. The van der Waals surface area contributed by atoms with Crippen LogP contribution in [0.4, 0.5) is 0 Å². The maximum atomic E-state index is 5.76. The fourth-order valence-electron chi connectivity index (χ4n) is 2.55. The molecular formula is C16H18O3. The summed E-state index contributed by atoms with van der Waals surface area (Å²) in [6.45, 7) is 2.48. The predicted molar refractivity (Wildman–Crippen MR) is 72.3 cm³/mol. The van der Waals surface area contributed by atoms with Crippen molar-refractivity contribution in [2.75, 3.05) is 6.79 Å². The fraction of sp³-hybridized carbons (Fsp3) is 0.500. The minimum atomic E-state index is 0.136. The van der Waals surface area contributed by atoms with Gasteiger partial charge in [-0.3, -0.25) is 0 Å². The number of fused-ring (bicyclic) bond motifs is 1. The van der Waals surface area contributed by atoms with E-state index in [1.165, 1.54) is 19.3 Å². The molecule has 1 saturated heterocycles. The molecule has 2 unspecified atom stereocenters. The third-order valence-electron chi connectivity index (χ3n) is 3.68. The molecule has 0 amide bonds. The number of unbranched alkanes of at least 4 members (excludes halogenated alkanes) is 2. The van der Waals surface area contributed by atoms with Crippen molar-refractivity contribution in [1.29, 1.82) is 0 Å². The first-order chi connectivity index (χ1) is 9.33. The lowest BCUT2D eigenvalue weighted by Crippen LogP contribution is -1.93. The van der Waals surface area contributed by atoms with Crippen LogP contribution in [0.5, 0.6) is 11.5 Å². The summed E-state index contributed by atoms with van der Waals surface area (Å²) < 4.78 is 16.5. The summed E-state index contributed by atoms with van der Waals surface area (Å²) in [5, 5.41) is 0. The first-order valence-electron chi connectivity index (χ1n) is 6.89. The second-order valence-corrected chi connectivity index (χ2v) is 5.03. The van der Waals surface area contributed by atoms with Gasteiger partial charge >= 0.3 is 0 Å². The van der Waals surface area contributed by atoms with Gasteiger partial charge in [0.25, 0.3) is 0 Å². The van der Waals surface area contributed by atoms with E-state index >= 15 is 0 Å². The summed E-state index contributed by atoms with van der Waals surface area (Å²) in [5.41, 5.74) is 1.92. The lowest BCUT2D eigenvalue weighted by molar-refractivity contribution is 0.174. The molecule has 3 heteroatoms. The topological polar surface area (TPSA) is 31.0 Å². The Kier molecular flexibility index (Phi) is 3.35. The number of ether oxygens (including phenoxy) is 3. The van der Waals surface area contributed by atoms with Crippen LogP contribution in [-0.4, -0.2) is 12.9 Å². The molecule has 0 saturated carbocycles. The van der Waals surface area contributed by atoms with Crippen LogP contribution in [0, 0.1) is 12.3 Å². The lowest BCUT2D eigenvalue weighted by Gasteiger charge is -2.04. The molecule has 0 aromatic heterocycles. The molecule has 0 N–H and O–H groups in total. The molecule has 2 heterocycles. The zero-order chi connectivity index (χ0) is 13.2. The lowest BCUT2D eigenvalue weighted by atomic mass is 10.00. The quantitative estimate of drug-likeness (QED) is 0.460. The summed E-state index contributed by atoms with van der Waals surface area (Å²) in [4.78, 5) is 0. The highest BCUT2D eigenvalue weighted by molar-refractivity contribution is 5.55. The second-order valence-electron chi connectivity index (χ2n) is 5.03. The van der Waals surface area contributed by atoms with Crippen molar-refractivity contribution in [3.05, 3.63) is 23.3 Å². The van der Waals surface area contributed by atoms with E-state index in [9.17, 15) is 0 Å². The Morgan fingerprint density at radius 2 is 2.05 bits per heavy atom. The van der Waals surface area contributed by atoms with Gasteiger partial charge in [0.1, 0.15) is 6.10 Å². The third kappa shape index (κ3) is 2.41. The summed E-state index contributed by atoms with van der Waals surface area (Å²) >= 11 is 0. The normalized spacial score (nSPS) is 23.2. The Labute approximate surface area is 113 Å². The maximum Gasteiger partial charge on any atom is 0.231 e. The summed E-state index contributed by atoms with van der Waals surface area (Å²) in [6.07, 6.45) is 10.8. The molecule has 2 aliphatic rings. The van der Waals surface area contributed by atoms with Crippen molar-refractivity contribution in [2.45, 2.75) is 44.8 Å². The van der Waals surface area contributed by atoms with Gasteiger partial charge in [0.15, 0.2) is 11.5 Å².